The van der Waals surface area contributed by atoms with Gasteiger partial charge in [-0.3, -0.25) is 9.89 Å². The van der Waals surface area contributed by atoms with Crippen molar-refractivity contribution in [3.63, 3.8) is 0 Å². The van der Waals surface area contributed by atoms with Crippen LogP contribution in [0.15, 0.2) is 54.6 Å². The number of rotatable bonds is 5. The summed E-state index contributed by atoms with van der Waals surface area (Å²) in [5.41, 5.74) is 6.94. The first kappa shape index (κ1) is 21.6. The Hall–Kier alpha value is -3.25. The summed E-state index contributed by atoms with van der Waals surface area (Å²) in [5, 5.41) is 11.4. The molecule has 0 bridgehead atoms. The van der Waals surface area contributed by atoms with Gasteiger partial charge in [-0.1, -0.05) is 73.4 Å². The summed E-state index contributed by atoms with van der Waals surface area (Å²) in [6.45, 7) is 4.10. The summed E-state index contributed by atoms with van der Waals surface area (Å²) < 4.78 is 0. The predicted molar refractivity (Wildman–Crippen MR) is 134 cm³/mol. The smallest absolute Gasteiger partial charge is 0.272 e. The topological polar surface area (TPSA) is 70.7 Å². The highest BCUT2D eigenvalue weighted by molar-refractivity contribution is 7.18. The number of aryl methyl sites for hydroxylation is 2. The number of hydrogen-bond acceptors (Lipinski definition) is 4. The molecule has 5 rings (SSSR count). The fourth-order valence-electron chi connectivity index (χ4n) is 4.38. The zero-order valence-electron chi connectivity index (χ0n) is 19.0. The van der Waals surface area contributed by atoms with Gasteiger partial charge in [0.2, 0.25) is 0 Å². The maximum Gasteiger partial charge on any atom is 0.272 e. The Morgan fingerprint density at radius 2 is 1.58 bits per heavy atom. The van der Waals surface area contributed by atoms with Gasteiger partial charge in [-0.25, -0.2) is 4.98 Å². The van der Waals surface area contributed by atoms with Gasteiger partial charge in [-0.2, -0.15) is 5.10 Å². The number of aromatic amines is 1. The molecule has 0 saturated heterocycles. The van der Waals surface area contributed by atoms with E-state index in [2.05, 4.69) is 71.0 Å². The molecular formula is C27H28N4OS. The number of H-pyrrole nitrogens is 1. The minimum atomic E-state index is -0.0986. The third-order valence-electron chi connectivity index (χ3n) is 6.31. The summed E-state index contributed by atoms with van der Waals surface area (Å²) in [7, 11) is 0. The minimum Gasteiger partial charge on any atom is -0.348 e. The van der Waals surface area contributed by atoms with Crippen LogP contribution in [0.2, 0.25) is 0 Å². The summed E-state index contributed by atoms with van der Waals surface area (Å²) >= 11 is 1.62. The van der Waals surface area contributed by atoms with Crippen LogP contribution in [0.25, 0.3) is 32.3 Å². The third-order valence-corrected chi connectivity index (χ3v) is 7.55. The molecule has 1 saturated carbocycles. The molecule has 1 aliphatic carbocycles. The molecule has 2 aromatic heterocycles. The number of hydrogen-bond donors (Lipinski definition) is 2. The average molecular weight is 457 g/mol. The van der Waals surface area contributed by atoms with Crippen LogP contribution in [0.3, 0.4) is 0 Å². The highest BCUT2D eigenvalue weighted by Gasteiger charge is 2.20. The second kappa shape index (κ2) is 9.32. The average Bonchev–Trinajstić information content (AvgIpc) is 3.47. The van der Waals surface area contributed by atoms with E-state index in [0.717, 1.165) is 39.7 Å². The van der Waals surface area contributed by atoms with Crippen LogP contribution in [0, 0.1) is 13.8 Å². The van der Waals surface area contributed by atoms with Crippen LogP contribution in [0.5, 0.6) is 0 Å². The zero-order chi connectivity index (χ0) is 22.8. The normalized spacial score (nSPS) is 14.4. The second-order valence-electron chi connectivity index (χ2n) is 8.85. The number of aromatic nitrogens is 3. The molecule has 6 heteroatoms. The molecule has 5 nitrogen and oxygen atoms in total. The van der Waals surface area contributed by atoms with Crippen LogP contribution in [-0.4, -0.2) is 27.1 Å². The van der Waals surface area contributed by atoms with E-state index < -0.39 is 0 Å². The van der Waals surface area contributed by atoms with Crippen molar-refractivity contribution in [2.45, 2.75) is 52.0 Å². The van der Waals surface area contributed by atoms with E-state index in [4.69, 9.17) is 4.98 Å². The van der Waals surface area contributed by atoms with Gasteiger partial charge in [0.15, 0.2) is 5.69 Å². The van der Waals surface area contributed by atoms with Crippen LogP contribution in [0.1, 0.15) is 53.8 Å². The summed E-state index contributed by atoms with van der Waals surface area (Å²) in [4.78, 5) is 18.4. The SMILES string of the molecule is Cc1ccc(-c2ccc(-c3nc(C)c(-c4cc(C(=O)NC5CCCCC5)n[nH]4)s3)cc2)cc1. The van der Waals surface area contributed by atoms with Crippen LogP contribution in [-0.2, 0) is 0 Å². The first-order chi connectivity index (χ1) is 16.1. The van der Waals surface area contributed by atoms with Gasteiger partial charge in [-0.15, -0.1) is 11.3 Å². The van der Waals surface area contributed by atoms with Gasteiger partial charge in [0.05, 0.1) is 16.3 Å². The molecule has 4 aromatic rings. The quantitative estimate of drug-likeness (QED) is 0.358. The van der Waals surface area contributed by atoms with Crippen molar-refractivity contribution in [3.8, 4) is 32.3 Å². The molecule has 1 amide bonds. The first-order valence-corrected chi connectivity index (χ1v) is 12.4. The van der Waals surface area contributed by atoms with Gasteiger partial charge in [0, 0.05) is 11.6 Å². The Balaban J connectivity index is 1.32. The molecule has 2 N–H and O–H groups in total. The standard InChI is InChI=1S/C27H28N4OS/c1-17-8-10-19(11-9-17)20-12-14-21(15-13-20)27-28-18(2)25(33-27)23-16-24(31-30-23)26(32)29-22-6-4-3-5-7-22/h8-16,22H,3-7H2,1-2H3,(H,29,32)(H,30,31). The van der Waals surface area contributed by atoms with Crippen molar-refractivity contribution in [3.05, 3.63) is 71.5 Å². The highest BCUT2D eigenvalue weighted by Crippen LogP contribution is 2.35. The maximum atomic E-state index is 12.6. The number of nitrogens with zero attached hydrogens (tertiary/aromatic N) is 2. The Bertz CT molecular complexity index is 1250. The number of carbonyl (C=O) groups excluding carboxylic acids is 1. The predicted octanol–water partition coefficient (Wildman–Crippen LogP) is 6.55. The fraction of sp³-hybridized carbons (Fsp3) is 0.296. The molecule has 0 atom stereocenters. The number of carbonyl (C=O) groups is 1. The van der Waals surface area contributed by atoms with Gasteiger partial charge in [0.1, 0.15) is 5.01 Å². The maximum absolute atomic E-state index is 12.6. The molecule has 168 valence electrons. The molecular weight excluding hydrogens is 428 g/mol. The lowest BCUT2D eigenvalue weighted by atomic mass is 9.95. The minimum absolute atomic E-state index is 0.0986. The van der Waals surface area contributed by atoms with Gasteiger partial charge < -0.3 is 5.32 Å². The molecule has 0 aliphatic heterocycles. The van der Waals surface area contributed by atoms with Crippen LogP contribution in [0.4, 0.5) is 0 Å². The van der Waals surface area contributed by atoms with Crippen LogP contribution < -0.4 is 5.32 Å². The van der Waals surface area contributed by atoms with Gasteiger partial charge in [0.25, 0.3) is 5.91 Å². The summed E-state index contributed by atoms with van der Waals surface area (Å²) in [6.07, 6.45) is 5.75. The van der Waals surface area contributed by atoms with E-state index in [9.17, 15) is 4.79 Å². The van der Waals surface area contributed by atoms with E-state index in [0.29, 0.717) is 5.69 Å². The van der Waals surface area contributed by atoms with Crippen molar-refractivity contribution in [1.29, 1.82) is 0 Å². The monoisotopic (exact) mass is 456 g/mol. The molecule has 1 aliphatic rings. The van der Waals surface area contributed by atoms with E-state index >= 15 is 0 Å². The lowest BCUT2D eigenvalue weighted by Crippen LogP contribution is -2.36. The molecule has 0 radical (unpaired) electrons. The highest BCUT2D eigenvalue weighted by atomic mass is 32.1. The number of amides is 1. The van der Waals surface area contributed by atoms with Crippen molar-refractivity contribution in [2.24, 2.45) is 0 Å². The van der Waals surface area contributed by atoms with E-state index in [1.165, 1.54) is 36.0 Å². The Morgan fingerprint density at radius 3 is 2.27 bits per heavy atom. The molecule has 2 aromatic carbocycles. The van der Waals surface area contributed by atoms with Gasteiger partial charge >= 0.3 is 0 Å². The third kappa shape index (κ3) is 4.76. The lowest BCUT2D eigenvalue weighted by molar-refractivity contribution is 0.0922. The van der Waals surface area contributed by atoms with Crippen molar-refractivity contribution >= 4 is 17.2 Å². The number of nitrogens with one attached hydrogen (secondary N) is 2. The van der Waals surface area contributed by atoms with E-state index in [-0.39, 0.29) is 11.9 Å². The van der Waals surface area contributed by atoms with Gasteiger partial charge in [-0.05, 0) is 43.9 Å². The van der Waals surface area contributed by atoms with Crippen molar-refractivity contribution in [2.75, 3.05) is 0 Å². The van der Waals surface area contributed by atoms with Crippen molar-refractivity contribution in [1.82, 2.24) is 20.5 Å². The summed E-state index contributed by atoms with van der Waals surface area (Å²) in [5.74, 6) is -0.0986. The molecule has 33 heavy (non-hydrogen) atoms. The summed E-state index contributed by atoms with van der Waals surface area (Å²) in [6, 6.07) is 19.2. The van der Waals surface area contributed by atoms with Crippen LogP contribution >= 0.6 is 11.3 Å². The van der Waals surface area contributed by atoms with E-state index in [1.54, 1.807) is 11.3 Å². The fourth-order valence-corrected chi connectivity index (χ4v) is 5.42. The largest absolute Gasteiger partial charge is 0.348 e. The molecule has 0 spiro atoms. The number of benzene rings is 2. The number of thiazole rings is 1. The second-order valence-corrected chi connectivity index (χ2v) is 9.85. The lowest BCUT2D eigenvalue weighted by Gasteiger charge is -2.22. The zero-order valence-corrected chi connectivity index (χ0v) is 19.8. The van der Waals surface area contributed by atoms with Crippen molar-refractivity contribution < 1.29 is 4.79 Å². The molecule has 2 heterocycles. The first-order valence-electron chi connectivity index (χ1n) is 11.6. The Morgan fingerprint density at radius 1 is 0.939 bits per heavy atom. The molecule has 1 fully saturated rings. The Labute approximate surface area is 198 Å². The van der Waals surface area contributed by atoms with E-state index in [1.807, 2.05) is 13.0 Å². The Kier molecular flexibility index (Phi) is 6.09. The molecule has 0 unspecified atom stereocenters.